The van der Waals surface area contributed by atoms with E-state index >= 15 is 0 Å². The van der Waals surface area contributed by atoms with Crippen LogP contribution < -0.4 is 4.72 Å². The van der Waals surface area contributed by atoms with Gasteiger partial charge in [-0.2, -0.15) is 17.4 Å². The Hall–Kier alpha value is -0.210. The zero-order chi connectivity index (χ0) is 14.4. The van der Waals surface area contributed by atoms with Gasteiger partial charge in [0, 0.05) is 45.7 Å². The van der Waals surface area contributed by atoms with E-state index in [0.29, 0.717) is 39.1 Å². The summed E-state index contributed by atoms with van der Waals surface area (Å²) in [7, 11) is -3.50. The van der Waals surface area contributed by atoms with Crippen molar-refractivity contribution in [2.45, 2.75) is 45.1 Å². The van der Waals surface area contributed by atoms with Gasteiger partial charge in [-0.3, -0.25) is 0 Å². The predicted octanol–water partition coefficient (Wildman–Crippen LogP) is 0.484. The van der Waals surface area contributed by atoms with Gasteiger partial charge in [-0.25, -0.2) is 0 Å². The minimum absolute atomic E-state index is 0.0582. The van der Waals surface area contributed by atoms with E-state index in [1.54, 1.807) is 0 Å². The molecule has 0 unspecified atom stereocenters. The molecule has 0 atom stereocenters. The molecule has 1 rings (SSSR count). The molecular formula is C12H26N2O4S. The van der Waals surface area contributed by atoms with Crippen LogP contribution in [-0.4, -0.2) is 56.3 Å². The first-order valence-electron chi connectivity index (χ1n) is 6.98. The number of nitrogens with one attached hydrogen (secondary N) is 1. The second-order valence-corrected chi connectivity index (χ2v) is 6.82. The highest BCUT2D eigenvalue weighted by molar-refractivity contribution is 7.87. The standard InChI is InChI=1S/C12H26N2O4S/c1-3-7-14(8-4-2)19(16,17)13-11-12(15)5-9-18-10-6-12/h13,15H,3-11H2,1-2H3. The Labute approximate surface area is 116 Å². The van der Waals surface area contributed by atoms with Gasteiger partial charge in [0.25, 0.3) is 10.2 Å². The first-order valence-corrected chi connectivity index (χ1v) is 8.42. The Balaban J connectivity index is 2.57. The fourth-order valence-corrected chi connectivity index (χ4v) is 3.58. The van der Waals surface area contributed by atoms with Crippen molar-refractivity contribution in [2.24, 2.45) is 0 Å². The molecule has 1 saturated heterocycles. The van der Waals surface area contributed by atoms with Gasteiger partial charge in [-0.1, -0.05) is 13.8 Å². The minimum Gasteiger partial charge on any atom is -0.388 e. The van der Waals surface area contributed by atoms with Crippen LogP contribution in [0.4, 0.5) is 0 Å². The maximum absolute atomic E-state index is 12.2. The molecule has 1 heterocycles. The van der Waals surface area contributed by atoms with Crippen LogP contribution in [0.3, 0.4) is 0 Å². The molecule has 7 heteroatoms. The first kappa shape index (κ1) is 16.8. The lowest BCUT2D eigenvalue weighted by Gasteiger charge is -2.33. The molecular weight excluding hydrogens is 268 g/mol. The topological polar surface area (TPSA) is 78.9 Å². The van der Waals surface area contributed by atoms with E-state index in [4.69, 9.17) is 4.74 Å². The number of hydrogen-bond acceptors (Lipinski definition) is 4. The molecule has 0 spiro atoms. The Morgan fingerprint density at radius 2 is 1.74 bits per heavy atom. The number of rotatable bonds is 8. The Morgan fingerprint density at radius 3 is 2.21 bits per heavy atom. The molecule has 0 radical (unpaired) electrons. The maximum atomic E-state index is 12.2. The van der Waals surface area contributed by atoms with Gasteiger partial charge < -0.3 is 9.84 Å². The SMILES string of the molecule is CCCN(CCC)S(=O)(=O)NCC1(O)CCOCC1. The number of ether oxygens (including phenoxy) is 1. The van der Waals surface area contributed by atoms with Crippen molar-refractivity contribution in [1.82, 2.24) is 9.03 Å². The second-order valence-electron chi connectivity index (χ2n) is 5.06. The molecule has 0 bridgehead atoms. The lowest BCUT2D eigenvalue weighted by molar-refractivity contribution is -0.0590. The van der Waals surface area contributed by atoms with Crippen molar-refractivity contribution in [3.05, 3.63) is 0 Å². The van der Waals surface area contributed by atoms with Crippen LogP contribution in [0.15, 0.2) is 0 Å². The van der Waals surface area contributed by atoms with Crippen molar-refractivity contribution in [2.75, 3.05) is 32.8 Å². The van der Waals surface area contributed by atoms with Crippen molar-refractivity contribution < 1.29 is 18.3 Å². The summed E-state index contributed by atoms with van der Waals surface area (Å²) < 4.78 is 33.5. The van der Waals surface area contributed by atoms with Crippen LogP contribution in [0.25, 0.3) is 0 Å². The molecule has 0 saturated carbocycles. The lowest BCUT2D eigenvalue weighted by atomic mass is 9.95. The van der Waals surface area contributed by atoms with Crippen LogP contribution in [0.5, 0.6) is 0 Å². The molecule has 6 nitrogen and oxygen atoms in total. The summed E-state index contributed by atoms with van der Waals surface area (Å²) in [6, 6.07) is 0. The average molecular weight is 294 g/mol. The fourth-order valence-electron chi connectivity index (χ4n) is 2.10. The van der Waals surface area contributed by atoms with Crippen LogP contribution in [0.2, 0.25) is 0 Å². The molecule has 114 valence electrons. The highest BCUT2D eigenvalue weighted by atomic mass is 32.2. The van der Waals surface area contributed by atoms with Gasteiger partial charge in [0.05, 0.1) is 5.60 Å². The summed E-state index contributed by atoms with van der Waals surface area (Å²) >= 11 is 0. The molecule has 0 aromatic heterocycles. The van der Waals surface area contributed by atoms with Gasteiger partial charge >= 0.3 is 0 Å². The minimum atomic E-state index is -3.50. The smallest absolute Gasteiger partial charge is 0.279 e. The Bertz CT molecular complexity index is 347. The van der Waals surface area contributed by atoms with Gasteiger partial charge in [-0.15, -0.1) is 0 Å². The Kier molecular flexibility index (Phi) is 6.68. The summed E-state index contributed by atoms with van der Waals surface area (Å²) in [4.78, 5) is 0. The van der Waals surface area contributed by atoms with E-state index in [2.05, 4.69) is 4.72 Å². The van der Waals surface area contributed by atoms with Gasteiger partial charge in [0.2, 0.25) is 0 Å². The van der Waals surface area contributed by atoms with Crippen LogP contribution in [0, 0.1) is 0 Å². The lowest BCUT2D eigenvalue weighted by Crippen LogP contribution is -2.50. The second kappa shape index (κ2) is 7.54. The highest BCUT2D eigenvalue weighted by Crippen LogP contribution is 2.19. The van der Waals surface area contributed by atoms with Crippen molar-refractivity contribution >= 4 is 10.2 Å². The summed E-state index contributed by atoms with van der Waals surface area (Å²) in [6.45, 7) is 5.92. The van der Waals surface area contributed by atoms with Crippen molar-refractivity contribution in [3.63, 3.8) is 0 Å². The molecule has 19 heavy (non-hydrogen) atoms. The van der Waals surface area contributed by atoms with E-state index < -0.39 is 15.8 Å². The molecule has 0 aliphatic carbocycles. The molecule has 1 aliphatic rings. The fraction of sp³-hybridized carbons (Fsp3) is 1.00. The molecule has 1 fully saturated rings. The molecule has 0 aromatic rings. The molecule has 0 aromatic carbocycles. The third-order valence-electron chi connectivity index (χ3n) is 3.29. The van der Waals surface area contributed by atoms with E-state index in [1.807, 2.05) is 13.8 Å². The quantitative estimate of drug-likeness (QED) is 0.682. The van der Waals surface area contributed by atoms with Crippen molar-refractivity contribution in [1.29, 1.82) is 0 Å². The third kappa shape index (κ3) is 5.35. The number of aliphatic hydroxyl groups is 1. The zero-order valence-electron chi connectivity index (χ0n) is 11.9. The van der Waals surface area contributed by atoms with E-state index in [1.165, 1.54) is 4.31 Å². The van der Waals surface area contributed by atoms with E-state index in [0.717, 1.165) is 12.8 Å². The number of nitrogens with zero attached hydrogens (tertiary/aromatic N) is 1. The van der Waals surface area contributed by atoms with E-state index in [9.17, 15) is 13.5 Å². The zero-order valence-corrected chi connectivity index (χ0v) is 12.7. The van der Waals surface area contributed by atoms with Crippen LogP contribution in [0.1, 0.15) is 39.5 Å². The summed E-state index contributed by atoms with van der Waals surface area (Å²) in [5.41, 5.74) is -0.977. The summed E-state index contributed by atoms with van der Waals surface area (Å²) in [6.07, 6.45) is 2.49. The average Bonchev–Trinajstić information content (AvgIpc) is 2.37. The first-order chi connectivity index (χ1) is 8.93. The molecule has 2 N–H and O–H groups in total. The van der Waals surface area contributed by atoms with Crippen LogP contribution in [-0.2, 0) is 14.9 Å². The summed E-state index contributed by atoms with van der Waals surface area (Å²) in [5.74, 6) is 0. The molecule has 1 aliphatic heterocycles. The normalized spacial score (nSPS) is 19.8. The largest absolute Gasteiger partial charge is 0.388 e. The summed E-state index contributed by atoms with van der Waals surface area (Å²) in [5, 5.41) is 10.3. The maximum Gasteiger partial charge on any atom is 0.279 e. The van der Waals surface area contributed by atoms with E-state index in [-0.39, 0.29) is 6.54 Å². The van der Waals surface area contributed by atoms with Crippen molar-refractivity contribution in [3.8, 4) is 0 Å². The van der Waals surface area contributed by atoms with Crippen LogP contribution >= 0.6 is 0 Å². The Morgan fingerprint density at radius 1 is 1.21 bits per heavy atom. The van der Waals surface area contributed by atoms with Gasteiger partial charge in [0.1, 0.15) is 0 Å². The predicted molar refractivity (Wildman–Crippen MR) is 74.1 cm³/mol. The monoisotopic (exact) mass is 294 g/mol. The van der Waals surface area contributed by atoms with Gasteiger partial charge in [-0.05, 0) is 12.8 Å². The van der Waals surface area contributed by atoms with Gasteiger partial charge in [0.15, 0.2) is 0 Å². The number of hydrogen-bond donors (Lipinski definition) is 2. The highest BCUT2D eigenvalue weighted by Gasteiger charge is 2.32. The molecule has 0 amide bonds. The third-order valence-corrected chi connectivity index (χ3v) is 4.85.